The maximum Gasteiger partial charge on any atom is 0.327 e. The second-order valence-electron chi connectivity index (χ2n) is 7.05. The topological polar surface area (TPSA) is 96.4 Å². The normalized spacial score (nSPS) is 18.1. The van der Waals surface area contributed by atoms with Crippen molar-refractivity contribution in [2.45, 2.75) is 25.6 Å². The van der Waals surface area contributed by atoms with E-state index in [1.165, 1.54) is 5.56 Å². The predicted octanol–water partition coefficient (Wildman–Crippen LogP) is 2.42. The fourth-order valence-corrected chi connectivity index (χ4v) is 3.51. The number of fused-ring (bicyclic) bond motifs is 1. The summed E-state index contributed by atoms with van der Waals surface area (Å²) in [5, 5.41) is 6.42. The Morgan fingerprint density at radius 2 is 1.82 bits per heavy atom. The molecule has 0 bridgehead atoms. The van der Waals surface area contributed by atoms with E-state index in [1.54, 1.807) is 4.90 Å². The van der Waals surface area contributed by atoms with Gasteiger partial charge >= 0.3 is 6.03 Å². The van der Waals surface area contributed by atoms with Crippen molar-refractivity contribution in [1.29, 1.82) is 0 Å². The Balaban J connectivity index is 1.58. The van der Waals surface area contributed by atoms with Crippen LogP contribution in [0, 0.1) is 0 Å². The van der Waals surface area contributed by atoms with Gasteiger partial charge in [0.25, 0.3) is 0 Å². The lowest BCUT2D eigenvalue weighted by Crippen LogP contribution is -2.51. The molecule has 6 heteroatoms. The summed E-state index contributed by atoms with van der Waals surface area (Å²) in [6, 6.07) is 16.0. The first-order valence-corrected chi connectivity index (χ1v) is 9.56. The average Bonchev–Trinajstić information content (AvgIpc) is 3.15. The van der Waals surface area contributed by atoms with Crippen molar-refractivity contribution >= 4 is 17.4 Å². The van der Waals surface area contributed by atoms with Crippen LogP contribution in [0.1, 0.15) is 23.1 Å². The van der Waals surface area contributed by atoms with Gasteiger partial charge in [-0.15, -0.1) is 0 Å². The van der Waals surface area contributed by atoms with Gasteiger partial charge in [0.2, 0.25) is 0 Å². The number of rotatable bonds is 6. The third kappa shape index (κ3) is 3.65. The second-order valence-corrected chi connectivity index (χ2v) is 7.05. The molecular formula is C22H25N5O. The quantitative estimate of drug-likeness (QED) is 0.623. The van der Waals surface area contributed by atoms with Gasteiger partial charge in [-0.2, -0.15) is 0 Å². The molecule has 6 nitrogen and oxygen atoms in total. The highest BCUT2D eigenvalue weighted by atomic mass is 16.2. The predicted molar refractivity (Wildman–Crippen MR) is 112 cm³/mol. The lowest BCUT2D eigenvalue weighted by Gasteiger charge is -2.29. The number of urea groups is 1. The number of anilines is 1. The Morgan fingerprint density at radius 3 is 2.57 bits per heavy atom. The van der Waals surface area contributed by atoms with Gasteiger partial charge in [0, 0.05) is 24.0 Å². The first-order chi connectivity index (χ1) is 13.7. The number of hydrogen-bond acceptors (Lipinski definition) is 4. The van der Waals surface area contributed by atoms with Crippen LogP contribution in [0.15, 0.2) is 66.4 Å². The number of amides is 2. The van der Waals surface area contributed by atoms with Crippen LogP contribution in [-0.4, -0.2) is 18.7 Å². The maximum absolute atomic E-state index is 12.6. The number of nitrogens with one attached hydrogen (secondary N) is 2. The van der Waals surface area contributed by atoms with Gasteiger partial charge in [-0.3, -0.25) is 4.90 Å². The molecule has 6 N–H and O–H groups in total. The van der Waals surface area contributed by atoms with E-state index in [0.717, 1.165) is 40.9 Å². The highest BCUT2D eigenvalue weighted by Crippen LogP contribution is 2.28. The van der Waals surface area contributed by atoms with Crippen molar-refractivity contribution < 1.29 is 4.79 Å². The zero-order chi connectivity index (χ0) is 19.5. The smallest absolute Gasteiger partial charge is 0.327 e. The Morgan fingerprint density at radius 1 is 1.00 bits per heavy atom. The number of benzene rings is 2. The SMILES string of the molecule is NCCCc1cccc(C2=CC3=CN(c4ccc(CN)cc4)C(=O)NC3N2)c1. The molecule has 0 saturated heterocycles. The van der Waals surface area contributed by atoms with Gasteiger partial charge in [0.1, 0.15) is 6.17 Å². The third-order valence-electron chi connectivity index (χ3n) is 5.07. The number of nitrogens with two attached hydrogens (primary N) is 2. The molecule has 28 heavy (non-hydrogen) atoms. The molecule has 0 saturated carbocycles. The van der Waals surface area contributed by atoms with E-state index in [4.69, 9.17) is 11.5 Å². The molecule has 1 atom stereocenters. The minimum atomic E-state index is -0.213. The summed E-state index contributed by atoms with van der Waals surface area (Å²) >= 11 is 0. The lowest BCUT2D eigenvalue weighted by molar-refractivity contribution is 0.244. The van der Waals surface area contributed by atoms with Gasteiger partial charge in [-0.1, -0.05) is 30.3 Å². The Bertz CT molecular complexity index is 932. The minimum Gasteiger partial charge on any atom is -0.361 e. The summed E-state index contributed by atoms with van der Waals surface area (Å²) in [5.74, 6) is 0. The summed E-state index contributed by atoms with van der Waals surface area (Å²) in [6.45, 7) is 1.17. The molecule has 2 aromatic rings. The van der Waals surface area contributed by atoms with Gasteiger partial charge in [-0.05, 0) is 60.4 Å². The van der Waals surface area contributed by atoms with Crippen molar-refractivity contribution in [3.63, 3.8) is 0 Å². The van der Waals surface area contributed by atoms with Crippen molar-refractivity contribution in [2.24, 2.45) is 11.5 Å². The van der Waals surface area contributed by atoms with Crippen molar-refractivity contribution in [3.8, 4) is 0 Å². The first kappa shape index (κ1) is 18.3. The highest BCUT2D eigenvalue weighted by Gasteiger charge is 2.31. The maximum atomic E-state index is 12.6. The van der Waals surface area contributed by atoms with Crippen molar-refractivity contribution in [3.05, 3.63) is 83.1 Å². The van der Waals surface area contributed by atoms with Gasteiger partial charge < -0.3 is 22.1 Å². The van der Waals surface area contributed by atoms with E-state index < -0.39 is 0 Å². The average molecular weight is 375 g/mol. The minimum absolute atomic E-state index is 0.159. The number of carbonyl (C=O) groups is 1. The molecule has 2 aromatic carbocycles. The first-order valence-electron chi connectivity index (χ1n) is 9.56. The molecule has 2 heterocycles. The summed E-state index contributed by atoms with van der Waals surface area (Å²) in [4.78, 5) is 14.2. The Labute approximate surface area is 164 Å². The molecule has 144 valence electrons. The van der Waals surface area contributed by atoms with E-state index in [0.29, 0.717) is 13.1 Å². The van der Waals surface area contributed by atoms with Crippen LogP contribution in [0.5, 0.6) is 0 Å². The number of nitrogens with zero attached hydrogens (tertiary/aromatic N) is 1. The summed E-state index contributed by atoms with van der Waals surface area (Å²) in [7, 11) is 0. The summed E-state index contributed by atoms with van der Waals surface area (Å²) in [5.41, 5.74) is 17.5. The third-order valence-corrected chi connectivity index (χ3v) is 5.07. The molecule has 0 spiro atoms. The van der Waals surface area contributed by atoms with Crippen LogP contribution in [-0.2, 0) is 13.0 Å². The molecular weight excluding hydrogens is 350 g/mol. The molecule has 0 aromatic heterocycles. The van der Waals surface area contributed by atoms with E-state index >= 15 is 0 Å². The van der Waals surface area contributed by atoms with Crippen LogP contribution in [0.2, 0.25) is 0 Å². The zero-order valence-electron chi connectivity index (χ0n) is 15.7. The standard InChI is InChI=1S/C22H25N5O/c23-10-2-4-15-3-1-5-17(11-15)20-12-18-14-27(22(28)26-21(18)25-20)19-8-6-16(13-24)7-9-19/h1,3,5-9,11-12,14,21,25H,2,4,10,13,23-24H2,(H,26,28). The molecule has 2 aliphatic rings. The molecule has 1 unspecified atom stereocenters. The van der Waals surface area contributed by atoms with Gasteiger partial charge in [0.15, 0.2) is 0 Å². The number of hydrogen-bond donors (Lipinski definition) is 4. The van der Waals surface area contributed by atoms with Gasteiger partial charge in [-0.25, -0.2) is 4.79 Å². The fourth-order valence-electron chi connectivity index (χ4n) is 3.51. The highest BCUT2D eigenvalue weighted by molar-refractivity contribution is 5.96. The van der Waals surface area contributed by atoms with Crippen LogP contribution >= 0.6 is 0 Å². The Kier molecular flexibility index (Phi) is 5.14. The Hall–Kier alpha value is -3.09. The lowest BCUT2D eigenvalue weighted by atomic mass is 10.0. The second kappa shape index (κ2) is 7.88. The van der Waals surface area contributed by atoms with Crippen LogP contribution < -0.4 is 27.0 Å². The van der Waals surface area contributed by atoms with Crippen LogP contribution in [0.25, 0.3) is 5.70 Å². The molecule has 0 radical (unpaired) electrons. The molecule has 0 fully saturated rings. The van der Waals surface area contributed by atoms with E-state index in [9.17, 15) is 4.79 Å². The van der Waals surface area contributed by atoms with E-state index in [-0.39, 0.29) is 12.2 Å². The molecule has 2 amide bonds. The largest absolute Gasteiger partial charge is 0.361 e. The summed E-state index contributed by atoms with van der Waals surface area (Å²) in [6.07, 6.45) is 5.70. The molecule has 2 aliphatic heterocycles. The number of aryl methyl sites for hydroxylation is 1. The van der Waals surface area contributed by atoms with Crippen LogP contribution in [0.3, 0.4) is 0 Å². The number of carbonyl (C=O) groups excluding carboxylic acids is 1. The fraction of sp³-hybridized carbons (Fsp3) is 0.227. The van der Waals surface area contributed by atoms with Crippen LogP contribution in [0.4, 0.5) is 10.5 Å². The summed E-state index contributed by atoms with van der Waals surface area (Å²) < 4.78 is 0. The van der Waals surface area contributed by atoms with Crippen molar-refractivity contribution in [2.75, 3.05) is 11.4 Å². The molecule has 4 rings (SSSR count). The van der Waals surface area contributed by atoms with E-state index in [2.05, 4.69) is 41.0 Å². The monoisotopic (exact) mass is 375 g/mol. The van der Waals surface area contributed by atoms with E-state index in [1.807, 2.05) is 30.5 Å². The zero-order valence-corrected chi connectivity index (χ0v) is 15.7. The van der Waals surface area contributed by atoms with Crippen molar-refractivity contribution in [1.82, 2.24) is 10.6 Å². The molecule has 0 aliphatic carbocycles. The van der Waals surface area contributed by atoms with Gasteiger partial charge in [0.05, 0.1) is 5.69 Å².